The zero-order valence-corrected chi connectivity index (χ0v) is 16.9. The molecule has 32 heavy (non-hydrogen) atoms. The number of nitrogens with zero attached hydrogens (tertiary/aromatic N) is 4. The lowest BCUT2D eigenvalue weighted by Gasteiger charge is -2.12. The van der Waals surface area contributed by atoms with Crippen molar-refractivity contribution in [1.82, 2.24) is 19.5 Å². The van der Waals surface area contributed by atoms with Crippen molar-refractivity contribution in [1.29, 1.82) is 0 Å². The summed E-state index contributed by atoms with van der Waals surface area (Å²) in [5.41, 5.74) is 6.91. The topological polar surface area (TPSA) is 148 Å². The molecule has 0 aliphatic rings. The Morgan fingerprint density at radius 3 is 2.66 bits per heavy atom. The molecule has 0 aliphatic heterocycles. The first kappa shape index (κ1) is 21.2. The van der Waals surface area contributed by atoms with Gasteiger partial charge in [0, 0.05) is 6.54 Å². The van der Waals surface area contributed by atoms with Gasteiger partial charge in [0.05, 0.1) is 23.8 Å². The van der Waals surface area contributed by atoms with Gasteiger partial charge in [-0.05, 0) is 35.9 Å². The normalized spacial score (nSPS) is 10.9. The SMILES string of the molecule is COc1nc2c(C(N)=O)cccc2n1-c1nc(NCc2cccc(F)c2)cc(B(O)O)n1. The van der Waals surface area contributed by atoms with E-state index in [0.29, 0.717) is 11.1 Å². The van der Waals surface area contributed by atoms with Crippen molar-refractivity contribution in [2.45, 2.75) is 6.54 Å². The molecule has 0 radical (unpaired) electrons. The number of nitrogens with one attached hydrogen (secondary N) is 1. The van der Waals surface area contributed by atoms with E-state index in [4.69, 9.17) is 10.5 Å². The second kappa shape index (κ2) is 8.61. The number of aromatic nitrogens is 4. The minimum atomic E-state index is -1.88. The minimum absolute atomic E-state index is 0.0123. The Bertz CT molecular complexity index is 1310. The van der Waals surface area contributed by atoms with Gasteiger partial charge in [-0.2, -0.15) is 9.97 Å². The van der Waals surface area contributed by atoms with Crippen molar-refractivity contribution in [3.05, 3.63) is 65.5 Å². The average Bonchev–Trinajstić information content (AvgIpc) is 3.16. The molecule has 162 valence electrons. The number of amides is 1. The van der Waals surface area contributed by atoms with Crippen molar-refractivity contribution in [3.63, 3.8) is 0 Å². The van der Waals surface area contributed by atoms with Crippen molar-refractivity contribution in [2.75, 3.05) is 12.4 Å². The number of methoxy groups -OCH3 is 1. The maximum Gasteiger partial charge on any atom is 0.508 e. The summed E-state index contributed by atoms with van der Waals surface area (Å²) in [5, 5.41) is 22.5. The monoisotopic (exact) mass is 436 g/mol. The standard InChI is InChI=1S/C20H18BFN6O4/c1-32-20-27-17-13(18(23)29)6-3-7-14(17)28(20)19-25-15(21(30)31)9-16(26-19)24-10-11-4-2-5-12(22)8-11/h2-9,30-31H,10H2,1H3,(H2,23,29)(H,24,25,26). The van der Waals surface area contributed by atoms with Gasteiger partial charge in [0.1, 0.15) is 17.2 Å². The molecule has 0 saturated carbocycles. The van der Waals surface area contributed by atoms with Crippen molar-refractivity contribution in [3.8, 4) is 12.0 Å². The summed E-state index contributed by atoms with van der Waals surface area (Å²) in [6, 6.07) is 12.3. The number of carbonyl (C=O) groups is 1. The first-order chi connectivity index (χ1) is 15.4. The maximum atomic E-state index is 13.5. The first-order valence-electron chi connectivity index (χ1n) is 9.46. The molecule has 2 aromatic carbocycles. The van der Waals surface area contributed by atoms with E-state index in [0.717, 1.165) is 0 Å². The molecule has 0 aliphatic carbocycles. The highest BCUT2D eigenvalue weighted by molar-refractivity contribution is 6.57. The van der Waals surface area contributed by atoms with Crippen LogP contribution in [0.4, 0.5) is 10.2 Å². The third kappa shape index (κ3) is 4.09. The summed E-state index contributed by atoms with van der Waals surface area (Å²) in [7, 11) is -0.497. The van der Waals surface area contributed by atoms with Gasteiger partial charge in [-0.3, -0.25) is 4.79 Å². The molecule has 12 heteroatoms. The molecule has 10 nitrogen and oxygen atoms in total. The maximum absolute atomic E-state index is 13.5. The van der Waals surface area contributed by atoms with Crippen LogP contribution < -0.4 is 21.4 Å². The van der Waals surface area contributed by atoms with Gasteiger partial charge in [0.25, 0.3) is 5.91 Å². The van der Waals surface area contributed by atoms with Crippen LogP contribution in [0.5, 0.6) is 6.01 Å². The summed E-state index contributed by atoms with van der Waals surface area (Å²) >= 11 is 0. The number of rotatable bonds is 7. The van der Waals surface area contributed by atoms with Crippen molar-refractivity contribution < 1.29 is 24.0 Å². The summed E-state index contributed by atoms with van der Waals surface area (Å²) in [6.45, 7) is 0.225. The van der Waals surface area contributed by atoms with Gasteiger partial charge < -0.3 is 25.8 Å². The number of benzene rings is 2. The van der Waals surface area contributed by atoms with E-state index in [9.17, 15) is 19.2 Å². The number of primary amides is 1. The molecule has 2 aromatic heterocycles. The lowest BCUT2D eigenvalue weighted by Crippen LogP contribution is -2.34. The van der Waals surface area contributed by atoms with Crippen LogP contribution in [0.2, 0.25) is 0 Å². The Hall–Kier alpha value is -4.03. The smallest absolute Gasteiger partial charge is 0.468 e. The van der Waals surface area contributed by atoms with E-state index < -0.39 is 13.0 Å². The van der Waals surface area contributed by atoms with Crippen molar-refractivity contribution in [2.24, 2.45) is 5.73 Å². The lowest BCUT2D eigenvalue weighted by atomic mass is 9.86. The van der Waals surface area contributed by atoms with E-state index in [2.05, 4.69) is 20.3 Å². The molecule has 4 aromatic rings. The third-order valence-corrected chi connectivity index (χ3v) is 4.66. The second-order valence-corrected chi connectivity index (χ2v) is 6.81. The van der Waals surface area contributed by atoms with Gasteiger partial charge in [-0.25, -0.2) is 13.9 Å². The molecule has 5 N–H and O–H groups in total. The average molecular weight is 436 g/mol. The van der Waals surface area contributed by atoms with E-state index in [1.165, 1.54) is 35.9 Å². The Balaban J connectivity index is 1.82. The predicted molar refractivity (Wildman–Crippen MR) is 115 cm³/mol. The highest BCUT2D eigenvalue weighted by Crippen LogP contribution is 2.27. The zero-order chi connectivity index (χ0) is 22.8. The molecule has 0 bridgehead atoms. The Morgan fingerprint density at radius 2 is 1.97 bits per heavy atom. The number of para-hydroxylation sites is 1. The fourth-order valence-corrected chi connectivity index (χ4v) is 3.22. The molecule has 0 saturated heterocycles. The number of imidazole rings is 1. The van der Waals surface area contributed by atoms with E-state index in [-0.39, 0.29) is 46.8 Å². The third-order valence-electron chi connectivity index (χ3n) is 4.66. The first-order valence-corrected chi connectivity index (χ1v) is 9.46. The molecule has 0 unspecified atom stereocenters. The fourth-order valence-electron chi connectivity index (χ4n) is 3.22. The molecular weight excluding hydrogens is 418 g/mol. The van der Waals surface area contributed by atoms with Gasteiger partial charge >= 0.3 is 13.1 Å². The van der Waals surface area contributed by atoms with Crippen LogP contribution in [-0.4, -0.2) is 49.7 Å². The number of fused-ring (bicyclic) bond motifs is 1. The van der Waals surface area contributed by atoms with Crippen LogP contribution in [-0.2, 0) is 6.54 Å². The number of nitrogens with two attached hydrogens (primary N) is 1. The number of hydrogen-bond acceptors (Lipinski definition) is 8. The Labute approximate surface area is 181 Å². The fraction of sp³-hybridized carbons (Fsp3) is 0.100. The van der Waals surface area contributed by atoms with Gasteiger partial charge in [0.15, 0.2) is 0 Å². The number of carbonyl (C=O) groups excluding carboxylic acids is 1. The lowest BCUT2D eigenvalue weighted by molar-refractivity contribution is 0.100. The summed E-state index contributed by atoms with van der Waals surface area (Å²) in [4.78, 5) is 24.7. The van der Waals surface area contributed by atoms with Crippen LogP contribution in [0, 0.1) is 5.82 Å². The highest BCUT2D eigenvalue weighted by Gasteiger charge is 2.22. The molecule has 1 amide bonds. The summed E-state index contributed by atoms with van der Waals surface area (Å²) in [6.07, 6.45) is 0. The van der Waals surface area contributed by atoms with E-state index >= 15 is 0 Å². The van der Waals surface area contributed by atoms with Gasteiger partial charge in [-0.1, -0.05) is 18.2 Å². The second-order valence-electron chi connectivity index (χ2n) is 6.81. The minimum Gasteiger partial charge on any atom is -0.468 e. The summed E-state index contributed by atoms with van der Waals surface area (Å²) < 4.78 is 20.2. The van der Waals surface area contributed by atoms with Crippen LogP contribution >= 0.6 is 0 Å². The van der Waals surface area contributed by atoms with E-state index in [1.807, 2.05) is 0 Å². The number of hydrogen-bond donors (Lipinski definition) is 4. The van der Waals surface area contributed by atoms with Crippen LogP contribution in [0.25, 0.3) is 17.0 Å². The molecule has 2 heterocycles. The van der Waals surface area contributed by atoms with Gasteiger partial charge in [0.2, 0.25) is 5.95 Å². The van der Waals surface area contributed by atoms with Crippen molar-refractivity contribution >= 4 is 35.5 Å². The largest absolute Gasteiger partial charge is 0.508 e. The highest BCUT2D eigenvalue weighted by atomic mass is 19.1. The molecule has 0 spiro atoms. The van der Waals surface area contributed by atoms with Crippen LogP contribution in [0.3, 0.4) is 0 Å². The number of anilines is 1. The number of halogens is 1. The molecular formula is C20H18BFN6O4. The van der Waals surface area contributed by atoms with Gasteiger partial charge in [-0.15, -0.1) is 0 Å². The molecule has 4 rings (SSSR count). The molecule has 0 fully saturated rings. The molecule has 0 atom stereocenters. The van der Waals surface area contributed by atoms with E-state index in [1.54, 1.807) is 24.3 Å². The van der Waals surface area contributed by atoms with Crippen LogP contribution in [0.15, 0.2) is 48.5 Å². The predicted octanol–water partition coefficient (Wildman–Crippen LogP) is 0.354. The Kier molecular flexibility index (Phi) is 5.71. The Morgan fingerprint density at radius 1 is 1.19 bits per heavy atom. The van der Waals surface area contributed by atoms with Crippen LogP contribution in [0.1, 0.15) is 15.9 Å². The summed E-state index contributed by atoms with van der Waals surface area (Å²) in [5.74, 6) is -0.782. The zero-order valence-electron chi connectivity index (χ0n) is 16.9. The quantitative estimate of drug-likeness (QED) is 0.304. The number of ether oxygens (including phenoxy) is 1.